The Morgan fingerprint density at radius 3 is 2.65 bits per heavy atom. The Bertz CT molecular complexity index is 1420. The number of piperidine rings is 1. The van der Waals surface area contributed by atoms with E-state index in [9.17, 15) is 18.3 Å². The van der Waals surface area contributed by atoms with Crippen LogP contribution in [0, 0.1) is 13.8 Å². The Morgan fingerprint density at radius 2 is 2.05 bits per heavy atom. The number of methoxy groups -OCH3 is 1. The van der Waals surface area contributed by atoms with E-state index in [1.165, 1.54) is 0 Å². The Kier molecular flexibility index (Phi) is 6.45. The lowest BCUT2D eigenvalue weighted by Crippen LogP contribution is -2.56. The summed E-state index contributed by atoms with van der Waals surface area (Å²) >= 11 is 0. The maximum Gasteiger partial charge on any atom is 0.322 e. The molecular weight excluding hydrogens is 498 g/mol. The molecule has 1 spiro atoms. The highest BCUT2D eigenvalue weighted by molar-refractivity contribution is 7.89. The van der Waals surface area contributed by atoms with E-state index in [0.29, 0.717) is 55.4 Å². The molecule has 1 aromatic carbocycles. The Labute approximate surface area is 215 Å². The number of hydrogen-bond acceptors (Lipinski definition) is 7. The SMILES string of the molecule is CCS(=O)(=O)N1CCC2(CC1)CN(C(=O)Nc1c(C)noc1C)[C@H](CO)c1[nH]c3cc(OC)ccc3c12. The van der Waals surface area contributed by atoms with Gasteiger partial charge in [-0.3, -0.25) is 0 Å². The average molecular weight is 532 g/mol. The molecule has 3 aromatic rings. The fraction of sp³-hybridized carbons (Fsp3) is 0.520. The molecule has 12 heteroatoms. The number of rotatable bonds is 5. The number of aryl methyl sites for hydroxylation is 2. The number of nitrogens with one attached hydrogen (secondary N) is 2. The Balaban J connectivity index is 1.60. The summed E-state index contributed by atoms with van der Waals surface area (Å²) < 4.78 is 37.4. The zero-order valence-corrected chi connectivity index (χ0v) is 22.3. The quantitative estimate of drug-likeness (QED) is 0.459. The van der Waals surface area contributed by atoms with Crippen LogP contribution < -0.4 is 10.1 Å². The number of aromatic nitrogens is 2. The molecule has 0 unspecified atom stereocenters. The minimum atomic E-state index is -3.32. The van der Waals surface area contributed by atoms with Crippen LogP contribution in [0.5, 0.6) is 5.75 Å². The molecule has 11 nitrogen and oxygen atoms in total. The number of nitrogens with zero attached hydrogens (tertiary/aromatic N) is 3. The number of sulfonamides is 1. The van der Waals surface area contributed by atoms with Crippen molar-refractivity contribution in [3.8, 4) is 5.75 Å². The van der Waals surface area contributed by atoms with Crippen LogP contribution in [-0.2, 0) is 15.4 Å². The molecule has 0 saturated carbocycles. The number of aliphatic hydroxyl groups is 1. The number of carbonyl (C=O) groups excluding carboxylic acids is 1. The first-order chi connectivity index (χ1) is 17.6. The minimum absolute atomic E-state index is 0.0523. The van der Waals surface area contributed by atoms with E-state index < -0.39 is 21.5 Å². The third-order valence-corrected chi connectivity index (χ3v) is 9.77. The third kappa shape index (κ3) is 4.16. The average Bonchev–Trinajstić information content (AvgIpc) is 3.44. The van der Waals surface area contributed by atoms with Crippen LogP contribution in [-0.4, -0.2) is 78.0 Å². The molecule has 5 rings (SSSR count). The maximum absolute atomic E-state index is 13.7. The maximum atomic E-state index is 13.7. The van der Waals surface area contributed by atoms with E-state index in [-0.39, 0.29) is 18.4 Å². The van der Waals surface area contributed by atoms with Crippen molar-refractivity contribution in [2.45, 2.75) is 45.1 Å². The van der Waals surface area contributed by atoms with Crippen LogP contribution in [0.25, 0.3) is 10.9 Å². The van der Waals surface area contributed by atoms with Crippen molar-refractivity contribution in [3.63, 3.8) is 0 Å². The summed E-state index contributed by atoms with van der Waals surface area (Å²) in [5.74, 6) is 1.24. The second-order valence-electron chi connectivity index (χ2n) is 9.86. The number of fused-ring (bicyclic) bond motifs is 4. The van der Waals surface area contributed by atoms with Crippen LogP contribution in [0.1, 0.15) is 48.5 Å². The molecule has 200 valence electrons. The zero-order valence-electron chi connectivity index (χ0n) is 21.5. The number of aliphatic hydroxyl groups excluding tert-OH is 1. The standard InChI is InChI=1S/C25H33N5O6S/c1-5-37(33,34)29-10-8-25(9-11-29)14-30(24(32)27-22-15(2)28-36-16(22)3)20(13-31)23-21(25)18-7-6-17(35-4)12-19(18)26-23/h6-7,12,20,26,31H,5,8-11,13-14H2,1-4H3,(H,27,32)/t20-/m1/s1. The molecule has 3 N–H and O–H groups in total. The number of amides is 2. The lowest BCUT2D eigenvalue weighted by Gasteiger charge is -2.49. The van der Waals surface area contributed by atoms with Gasteiger partial charge in [-0.1, -0.05) is 5.16 Å². The second kappa shape index (κ2) is 9.34. The second-order valence-corrected chi connectivity index (χ2v) is 12.1. The van der Waals surface area contributed by atoms with Crippen molar-refractivity contribution in [3.05, 3.63) is 40.9 Å². The number of benzene rings is 1. The summed E-state index contributed by atoms with van der Waals surface area (Å²) in [6.45, 7) is 5.91. The number of H-pyrrole nitrogens is 1. The van der Waals surface area contributed by atoms with E-state index in [0.717, 1.165) is 22.2 Å². The van der Waals surface area contributed by atoms with Gasteiger partial charge in [-0.2, -0.15) is 0 Å². The van der Waals surface area contributed by atoms with Gasteiger partial charge >= 0.3 is 6.03 Å². The molecule has 0 bridgehead atoms. The van der Waals surface area contributed by atoms with E-state index in [2.05, 4.69) is 15.5 Å². The summed E-state index contributed by atoms with van der Waals surface area (Å²) in [5.41, 5.74) is 3.22. The molecular formula is C25H33N5O6S. The first kappa shape index (κ1) is 25.6. The van der Waals surface area contributed by atoms with Crippen molar-refractivity contribution in [2.75, 3.05) is 44.4 Å². The molecule has 2 aromatic heterocycles. The van der Waals surface area contributed by atoms with Crippen LogP contribution in [0.15, 0.2) is 22.7 Å². The topological polar surface area (TPSA) is 141 Å². The van der Waals surface area contributed by atoms with Crippen molar-refractivity contribution >= 4 is 32.6 Å². The smallest absolute Gasteiger partial charge is 0.322 e. The van der Waals surface area contributed by atoms with Gasteiger partial charge in [0.2, 0.25) is 10.0 Å². The van der Waals surface area contributed by atoms with Gasteiger partial charge in [0.15, 0.2) is 5.76 Å². The summed E-state index contributed by atoms with van der Waals surface area (Å²) in [4.78, 5) is 18.8. The molecule has 1 fully saturated rings. The first-order valence-electron chi connectivity index (χ1n) is 12.4. The highest BCUT2D eigenvalue weighted by Gasteiger charge is 2.49. The predicted molar refractivity (Wildman–Crippen MR) is 138 cm³/mol. The van der Waals surface area contributed by atoms with Gasteiger partial charge in [-0.05, 0) is 51.3 Å². The predicted octanol–water partition coefficient (Wildman–Crippen LogP) is 3.05. The normalized spacial score (nSPS) is 19.8. The first-order valence-corrected chi connectivity index (χ1v) is 14.0. The molecule has 2 aliphatic heterocycles. The fourth-order valence-corrected chi connectivity index (χ4v) is 6.95. The van der Waals surface area contributed by atoms with Crippen molar-refractivity contribution in [2.24, 2.45) is 0 Å². The van der Waals surface area contributed by atoms with Gasteiger partial charge in [0.05, 0.1) is 25.5 Å². The molecule has 2 aliphatic rings. The molecule has 1 saturated heterocycles. The van der Waals surface area contributed by atoms with Crippen LogP contribution in [0.4, 0.5) is 10.5 Å². The summed E-state index contributed by atoms with van der Waals surface area (Å²) in [6, 6.07) is 4.80. The number of urea groups is 1. The largest absolute Gasteiger partial charge is 0.497 e. The number of aromatic amines is 1. The molecule has 1 atom stereocenters. The molecule has 0 aliphatic carbocycles. The molecule has 0 radical (unpaired) electrons. The van der Waals surface area contributed by atoms with E-state index in [1.807, 2.05) is 18.2 Å². The Morgan fingerprint density at radius 1 is 1.32 bits per heavy atom. The minimum Gasteiger partial charge on any atom is -0.497 e. The van der Waals surface area contributed by atoms with Gasteiger partial charge in [0.1, 0.15) is 17.1 Å². The third-order valence-electron chi connectivity index (χ3n) is 7.88. The van der Waals surface area contributed by atoms with Gasteiger partial charge in [0.25, 0.3) is 0 Å². The number of ether oxygens (including phenoxy) is 1. The highest BCUT2D eigenvalue weighted by Crippen LogP contribution is 2.49. The summed E-state index contributed by atoms with van der Waals surface area (Å²) in [5, 5.41) is 18.3. The molecule has 4 heterocycles. The zero-order chi connectivity index (χ0) is 26.5. The number of anilines is 1. The van der Waals surface area contributed by atoms with Crippen LogP contribution in [0.3, 0.4) is 0 Å². The monoisotopic (exact) mass is 531 g/mol. The highest BCUT2D eigenvalue weighted by atomic mass is 32.2. The van der Waals surface area contributed by atoms with E-state index in [4.69, 9.17) is 9.26 Å². The summed E-state index contributed by atoms with van der Waals surface area (Å²) in [7, 11) is -1.72. The lowest BCUT2D eigenvalue weighted by atomic mass is 9.68. The number of carbonyl (C=O) groups is 1. The molecule has 2 amide bonds. The number of hydrogen-bond donors (Lipinski definition) is 3. The lowest BCUT2D eigenvalue weighted by molar-refractivity contribution is 0.0860. The van der Waals surface area contributed by atoms with Crippen LogP contribution in [0.2, 0.25) is 0 Å². The van der Waals surface area contributed by atoms with Crippen molar-refractivity contribution in [1.82, 2.24) is 19.3 Å². The van der Waals surface area contributed by atoms with Gasteiger partial charge in [-0.25, -0.2) is 17.5 Å². The van der Waals surface area contributed by atoms with E-state index in [1.54, 1.807) is 37.1 Å². The fourth-order valence-electron chi connectivity index (χ4n) is 5.84. The Hall–Kier alpha value is -3.09. The summed E-state index contributed by atoms with van der Waals surface area (Å²) in [6.07, 6.45) is 1.09. The van der Waals surface area contributed by atoms with Gasteiger partial charge in [-0.15, -0.1) is 0 Å². The van der Waals surface area contributed by atoms with Crippen LogP contribution >= 0.6 is 0 Å². The van der Waals surface area contributed by atoms with E-state index >= 15 is 0 Å². The molecule has 37 heavy (non-hydrogen) atoms. The van der Waals surface area contributed by atoms with Gasteiger partial charge < -0.3 is 29.6 Å². The van der Waals surface area contributed by atoms with Crippen molar-refractivity contribution in [1.29, 1.82) is 0 Å². The van der Waals surface area contributed by atoms with Gasteiger partial charge in [0, 0.05) is 47.7 Å². The van der Waals surface area contributed by atoms with Crippen molar-refractivity contribution < 1.29 is 27.6 Å².